The number of fused-ring (bicyclic) bond motifs is 12. The maximum absolute atomic E-state index is 6.47. The van der Waals surface area contributed by atoms with Crippen LogP contribution in [0, 0.1) is 0 Å². The van der Waals surface area contributed by atoms with E-state index < -0.39 is 0 Å². The molecule has 5 aromatic carbocycles. The van der Waals surface area contributed by atoms with Gasteiger partial charge < -0.3 is 4.74 Å². The van der Waals surface area contributed by atoms with Gasteiger partial charge in [0.05, 0.1) is 11.0 Å². The molecule has 0 amide bonds. The third-order valence-corrected chi connectivity index (χ3v) is 8.09. The summed E-state index contributed by atoms with van der Waals surface area (Å²) >= 11 is 0. The Morgan fingerprint density at radius 3 is 1.73 bits per heavy atom. The molecule has 0 N–H and O–H groups in total. The number of rotatable bonds is 3. The normalized spacial score (nSPS) is 11.9. The Morgan fingerprint density at radius 1 is 0.439 bits per heavy atom. The molecule has 0 aliphatic carbocycles. The van der Waals surface area contributed by atoms with Gasteiger partial charge in [-0.3, -0.25) is 8.80 Å². The molecule has 0 atom stereocenters. The monoisotopic (exact) mass is 526 g/mol. The van der Waals surface area contributed by atoms with E-state index in [1.54, 1.807) is 0 Å². The molecule has 0 spiro atoms. The fraction of sp³-hybridized carbons (Fsp3) is 0. The van der Waals surface area contributed by atoms with Crippen LogP contribution in [0.15, 0.2) is 134 Å². The summed E-state index contributed by atoms with van der Waals surface area (Å²) in [5.41, 5.74) is 6.48. The molecular formula is C36H22N4O. The Bertz CT molecular complexity index is 2450. The summed E-state index contributed by atoms with van der Waals surface area (Å²) in [5, 5.41) is 6.78. The summed E-state index contributed by atoms with van der Waals surface area (Å²) < 4.78 is 10.8. The molecule has 0 aliphatic rings. The SMILES string of the molecule is c1ccc(-c2ccc3c4ccc(Oc5ccc6c7ccccc7n7ccnc7c6c5)cc4c4nccn4c3c2)cc1. The van der Waals surface area contributed by atoms with Crippen molar-refractivity contribution in [3.63, 3.8) is 0 Å². The van der Waals surface area contributed by atoms with Crippen molar-refractivity contribution in [2.24, 2.45) is 0 Å². The van der Waals surface area contributed by atoms with Crippen molar-refractivity contribution in [3.8, 4) is 22.6 Å². The molecule has 4 aromatic heterocycles. The average Bonchev–Trinajstić information content (AvgIpc) is 3.73. The number of pyridine rings is 2. The van der Waals surface area contributed by atoms with Crippen LogP contribution in [0.3, 0.4) is 0 Å². The first-order valence-corrected chi connectivity index (χ1v) is 13.7. The molecule has 0 fully saturated rings. The molecule has 4 heterocycles. The number of benzene rings is 5. The molecule has 0 saturated carbocycles. The lowest BCUT2D eigenvalue weighted by Gasteiger charge is -2.13. The van der Waals surface area contributed by atoms with Crippen molar-refractivity contribution in [1.29, 1.82) is 0 Å². The average molecular weight is 527 g/mol. The fourth-order valence-electron chi connectivity index (χ4n) is 6.22. The maximum Gasteiger partial charge on any atom is 0.145 e. The van der Waals surface area contributed by atoms with Crippen molar-refractivity contribution < 1.29 is 4.74 Å². The van der Waals surface area contributed by atoms with E-state index in [0.717, 1.165) is 55.4 Å². The Balaban J connectivity index is 1.18. The van der Waals surface area contributed by atoms with E-state index >= 15 is 0 Å². The van der Waals surface area contributed by atoms with Crippen LogP contribution in [0.4, 0.5) is 0 Å². The minimum atomic E-state index is 0.766. The highest BCUT2D eigenvalue weighted by molar-refractivity contribution is 6.13. The zero-order chi connectivity index (χ0) is 26.9. The summed E-state index contributed by atoms with van der Waals surface area (Å²) in [4.78, 5) is 9.41. The Morgan fingerprint density at radius 2 is 1.02 bits per heavy atom. The van der Waals surface area contributed by atoms with E-state index in [1.165, 1.54) is 21.9 Å². The molecule has 0 aliphatic heterocycles. The summed E-state index contributed by atoms with van der Waals surface area (Å²) in [7, 11) is 0. The van der Waals surface area contributed by atoms with E-state index in [-0.39, 0.29) is 0 Å². The van der Waals surface area contributed by atoms with Gasteiger partial charge in [-0.2, -0.15) is 0 Å². The lowest BCUT2D eigenvalue weighted by molar-refractivity contribution is 0.484. The first kappa shape index (κ1) is 22.2. The van der Waals surface area contributed by atoms with Gasteiger partial charge in [0.15, 0.2) is 0 Å². The maximum atomic E-state index is 6.47. The van der Waals surface area contributed by atoms with Crippen LogP contribution < -0.4 is 4.74 Å². The Hall–Kier alpha value is -5.68. The summed E-state index contributed by atoms with van der Waals surface area (Å²) in [6.45, 7) is 0. The molecule has 5 heteroatoms. The van der Waals surface area contributed by atoms with Gasteiger partial charge >= 0.3 is 0 Å². The first-order valence-electron chi connectivity index (χ1n) is 13.7. The van der Waals surface area contributed by atoms with Crippen molar-refractivity contribution in [2.45, 2.75) is 0 Å². The zero-order valence-electron chi connectivity index (χ0n) is 21.9. The van der Waals surface area contributed by atoms with Gasteiger partial charge in [0.2, 0.25) is 0 Å². The number of imidazole rings is 2. The largest absolute Gasteiger partial charge is 0.457 e. The highest BCUT2D eigenvalue weighted by Crippen LogP contribution is 2.37. The Kier molecular flexibility index (Phi) is 4.55. The number of nitrogens with zero attached hydrogens (tertiary/aromatic N) is 4. The molecule has 0 bridgehead atoms. The molecule has 0 saturated heterocycles. The molecule has 9 aromatic rings. The van der Waals surface area contributed by atoms with Crippen LogP contribution in [0.25, 0.3) is 65.8 Å². The third-order valence-electron chi connectivity index (χ3n) is 8.09. The van der Waals surface area contributed by atoms with E-state index in [1.807, 2.05) is 43.0 Å². The van der Waals surface area contributed by atoms with Gasteiger partial charge in [0.25, 0.3) is 0 Å². The second-order valence-corrected chi connectivity index (χ2v) is 10.4. The molecule has 0 radical (unpaired) electrons. The zero-order valence-corrected chi connectivity index (χ0v) is 21.9. The number of aromatic nitrogens is 4. The number of hydrogen-bond donors (Lipinski definition) is 0. The smallest absolute Gasteiger partial charge is 0.145 e. The topological polar surface area (TPSA) is 43.8 Å². The lowest BCUT2D eigenvalue weighted by atomic mass is 10.0. The predicted molar refractivity (Wildman–Crippen MR) is 166 cm³/mol. The van der Waals surface area contributed by atoms with Crippen LogP contribution in [0.5, 0.6) is 11.5 Å². The van der Waals surface area contributed by atoms with Crippen LogP contribution in [-0.4, -0.2) is 18.8 Å². The van der Waals surface area contributed by atoms with Gasteiger partial charge in [0.1, 0.15) is 22.8 Å². The van der Waals surface area contributed by atoms with Gasteiger partial charge in [-0.1, -0.05) is 60.7 Å². The highest BCUT2D eigenvalue weighted by atomic mass is 16.5. The fourth-order valence-corrected chi connectivity index (χ4v) is 6.22. The van der Waals surface area contributed by atoms with Crippen molar-refractivity contribution >= 4 is 54.6 Å². The van der Waals surface area contributed by atoms with Crippen LogP contribution >= 0.6 is 0 Å². The van der Waals surface area contributed by atoms with Crippen molar-refractivity contribution in [2.75, 3.05) is 0 Å². The summed E-state index contributed by atoms with van der Waals surface area (Å²) in [6, 6.07) is 38.1. The summed E-state index contributed by atoms with van der Waals surface area (Å²) in [5.74, 6) is 1.53. The molecule has 192 valence electrons. The Labute approximate surface area is 234 Å². The second kappa shape index (κ2) is 8.41. The molecule has 5 nitrogen and oxygen atoms in total. The van der Waals surface area contributed by atoms with Crippen molar-refractivity contribution in [3.05, 3.63) is 134 Å². The summed E-state index contributed by atoms with van der Waals surface area (Å²) in [6.07, 6.45) is 7.75. The van der Waals surface area contributed by atoms with E-state index in [4.69, 9.17) is 9.72 Å². The standard InChI is InChI=1S/C36H22N4O/c1-2-6-23(7-3-1)24-10-13-30-28-15-12-26(22-32(28)36-38-17-19-40(36)34(30)20-24)41-25-11-14-27-29-8-4-5-9-33(29)39-18-16-37-35(39)31(27)21-25/h1-22H. The van der Waals surface area contributed by atoms with E-state index in [2.05, 4.69) is 105 Å². The lowest BCUT2D eigenvalue weighted by Crippen LogP contribution is -1.93. The number of para-hydroxylation sites is 1. The molecule has 0 unspecified atom stereocenters. The molecule has 41 heavy (non-hydrogen) atoms. The van der Waals surface area contributed by atoms with Gasteiger partial charge in [0, 0.05) is 46.3 Å². The van der Waals surface area contributed by atoms with Crippen LogP contribution in [0.1, 0.15) is 0 Å². The van der Waals surface area contributed by atoms with Gasteiger partial charge in [-0.15, -0.1) is 0 Å². The number of ether oxygens (including phenoxy) is 1. The first-order chi connectivity index (χ1) is 20.3. The third kappa shape index (κ3) is 3.29. The number of hydrogen-bond acceptors (Lipinski definition) is 3. The van der Waals surface area contributed by atoms with Crippen LogP contribution in [-0.2, 0) is 0 Å². The quantitative estimate of drug-likeness (QED) is 0.216. The second-order valence-electron chi connectivity index (χ2n) is 10.4. The molecule has 9 rings (SSSR count). The van der Waals surface area contributed by atoms with Gasteiger partial charge in [-0.25, -0.2) is 9.97 Å². The van der Waals surface area contributed by atoms with Crippen LogP contribution in [0.2, 0.25) is 0 Å². The minimum absolute atomic E-state index is 0.766. The minimum Gasteiger partial charge on any atom is -0.457 e. The predicted octanol–water partition coefficient (Wildman–Crippen LogP) is 9.05. The van der Waals surface area contributed by atoms with E-state index in [0.29, 0.717) is 0 Å². The van der Waals surface area contributed by atoms with Crippen molar-refractivity contribution in [1.82, 2.24) is 18.8 Å². The van der Waals surface area contributed by atoms with Gasteiger partial charge in [-0.05, 0) is 70.4 Å². The highest BCUT2D eigenvalue weighted by Gasteiger charge is 2.14. The van der Waals surface area contributed by atoms with E-state index in [9.17, 15) is 0 Å². The molecular weight excluding hydrogens is 504 g/mol.